The van der Waals surface area contributed by atoms with Crippen LogP contribution in [0.1, 0.15) is 18.9 Å². The number of nitrogens with zero attached hydrogens (tertiary/aromatic N) is 1. The van der Waals surface area contributed by atoms with Gasteiger partial charge >= 0.3 is 0 Å². The fourth-order valence-corrected chi connectivity index (χ4v) is 1.75. The number of rotatable bonds is 5. The Morgan fingerprint density at radius 3 is 2.93 bits per heavy atom. The molecule has 0 saturated carbocycles. The molecule has 0 aliphatic rings. The molecule has 0 saturated heterocycles. The van der Waals surface area contributed by atoms with Gasteiger partial charge in [-0.25, -0.2) is 0 Å². The van der Waals surface area contributed by atoms with Gasteiger partial charge in [0.2, 0.25) is 0 Å². The molecule has 0 aromatic carbocycles. The Bertz CT molecular complexity index is 341. The van der Waals surface area contributed by atoms with E-state index in [1.165, 1.54) is 0 Å². The lowest BCUT2D eigenvalue weighted by molar-refractivity contribution is -0.121. The maximum atomic E-state index is 11.7. The lowest BCUT2D eigenvalue weighted by atomic mass is 9.97. The number of halogens is 1. The summed E-state index contributed by atoms with van der Waals surface area (Å²) in [7, 11) is 0. The molecule has 1 atom stereocenters. The number of nitrogens with two attached hydrogens (primary N) is 1. The molecule has 15 heavy (non-hydrogen) atoms. The molecule has 2 N–H and O–H groups in total. The number of ketones is 1. The number of carbonyl (C=O) groups is 1. The minimum absolute atomic E-state index is 0.0361. The molecular formula is C11H15BrN2O. The highest BCUT2D eigenvalue weighted by Gasteiger charge is 2.12. The Kier molecular flexibility index (Phi) is 4.91. The van der Waals surface area contributed by atoms with E-state index in [0.29, 0.717) is 13.0 Å². The quantitative estimate of drug-likeness (QED) is 0.890. The van der Waals surface area contributed by atoms with Crippen molar-refractivity contribution >= 4 is 21.7 Å². The van der Waals surface area contributed by atoms with E-state index in [9.17, 15) is 4.79 Å². The van der Waals surface area contributed by atoms with Crippen LogP contribution in [0.25, 0.3) is 0 Å². The average Bonchev–Trinajstić information content (AvgIpc) is 2.18. The minimum Gasteiger partial charge on any atom is -0.330 e. The van der Waals surface area contributed by atoms with Crippen molar-refractivity contribution in [2.75, 3.05) is 6.54 Å². The topological polar surface area (TPSA) is 56.0 Å². The zero-order chi connectivity index (χ0) is 11.3. The predicted molar refractivity (Wildman–Crippen MR) is 63.5 cm³/mol. The van der Waals surface area contributed by atoms with Crippen LogP contribution in [0.3, 0.4) is 0 Å². The zero-order valence-electron chi connectivity index (χ0n) is 8.74. The van der Waals surface area contributed by atoms with Crippen LogP contribution in [0.15, 0.2) is 22.9 Å². The van der Waals surface area contributed by atoms with Gasteiger partial charge in [0.05, 0.1) is 0 Å². The van der Waals surface area contributed by atoms with Gasteiger partial charge in [-0.15, -0.1) is 0 Å². The van der Waals surface area contributed by atoms with Gasteiger partial charge in [0.1, 0.15) is 5.78 Å². The first-order valence-electron chi connectivity index (χ1n) is 4.95. The summed E-state index contributed by atoms with van der Waals surface area (Å²) in [6.45, 7) is 2.48. The molecular weight excluding hydrogens is 256 g/mol. The third kappa shape index (κ3) is 4.10. The molecule has 4 heteroatoms. The van der Waals surface area contributed by atoms with Gasteiger partial charge in [0.25, 0.3) is 0 Å². The van der Waals surface area contributed by atoms with Crippen LogP contribution in [0, 0.1) is 5.92 Å². The van der Waals surface area contributed by atoms with Crippen LogP contribution in [0.2, 0.25) is 0 Å². The Hall–Kier alpha value is -0.740. The van der Waals surface area contributed by atoms with Crippen molar-refractivity contribution in [1.82, 2.24) is 4.98 Å². The molecule has 0 aliphatic carbocycles. The highest BCUT2D eigenvalue weighted by molar-refractivity contribution is 9.10. The normalized spacial score (nSPS) is 12.5. The summed E-state index contributed by atoms with van der Waals surface area (Å²) in [4.78, 5) is 15.7. The van der Waals surface area contributed by atoms with Crippen LogP contribution < -0.4 is 5.73 Å². The van der Waals surface area contributed by atoms with Crippen LogP contribution in [0.4, 0.5) is 0 Å². The zero-order valence-corrected chi connectivity index (χ0v) is 10.3. The second-order valence-electron chi connectivity index (χ2n) is 3.63. The van der Waals surface area contributed by atoms with Crippen molar-refractivity contribution in [3.63, 3.8) is 0 Å². The van der Waals surface area contributed by atoms with Crippen LogP contribution in [-0.4, -0.2) is 17.3 Å². The first-order chi connectivity index (χ1) is 7.13. The second-order valence-corrected chi connectivity index (χ2v) is 4.55. The van der Waals surface area contributed by atoms with Gasteiger partial charge in [0, 0.05) is 29.2 Å². The molecule has 1 heterocycles. The Morgan fingerprint density at radius 2 is 2.33 bits per heavy atom. The standard InChI is InChI=1S/C11H15BrN2O/c1-8(2-3-13)11(15)5-9-4-10(12)7-14-6-9/h4,6-8H,2-3,5,13H2,1H3. The van der Waals surface area contributed by atoms with Crippen LogP contribution in [0.5, 0.6) is 0 Å². The third-order valence-corrected chi connectivity index (χ3v) is 2.72. The van der Waals surface area contributed by atoms with Crippen LogP contribution >= 0.6 is 15.9 Å². The first kappa shape index (κ1) is 12.3. The van der Waals surface area contributed by atoms with Gasteiger partial charge in [-0.2, -0.15) is 0 Å². The number of hydrogen-bond acceptors (Lipinski definition) is 3. The smallest absolute Gasteiger partial charge is 0.140 e. The van der Waals surface area contributed by atoms with E-state index in [1.807, 2.05) is 13.0 Å². The molecule has 0 amide bonds. The number of Topliss-reactive ketones (excluding diaryl/α,β-unsaturated/α-hetero) is 1. The maximum absolute atomic E-state index is 11.7. The monoisotopic (exact) mass is 270 g/mol. The van der Waals surface area contributed by atoms with Crippen molar-refractivity contribution in [3.8, 4) is 0 Å². The molecule has 0 fully saturated rings. The van der Waals surface area contributed by atoms with Gasteiger partial charge < -0.3 is 5.73 Å². The Labute approximate surface area is 98.2 Å². The van der Waals surface area contributed by atoms with Crippen molar-refractivity contribution in [2.45, 2.75) is 19.8 Å². The van der Waals surface area contributed by atoms with E-state index in [2.05, 4.69) is 20.9 Å². The maximum Gasteiger partial charge on any atom is 0.140 e. The van der Waals surface area contributed by atoms with Crippen molar-refractivity contribution < 1.29 is 4.79 Å². The highest BCUT2D eigenvalue weighted by atomic mass is 79.9. The van der Waals surface area contributed by atoms with Crippen LogP contribution in [-0.2, 0) is 11.2 Å². The fourth-order valence-electron chi connectivity index (χ4n) is 1.34. The third-order valence-electron chi connectivity index (χ3n) is 2.29. The van der Waals surface area contributed by atoms with Crippen molar-refractivity contribution in [3.05, 3.63) is 28.5 Å². The summed E-state index contributed by atoms with van der Waals surface area (Å²) in [6, 6.07) is 1.92. The van der Waals surface area contributed by atoms with E-state index < -0.39 is 0 Å². The summed E-state index contributed by atoms with van der Waals surface area (Å²) in [6.07, 6.45) is 4.61. The summed E-state index contributed by atoms with van der Waals surface area (Å²) >= 11 is 3.33. The Balaban J connectivity index is 2.58. The van der Waals surface area contributed by atoms with Gasteiger partial charge in [0.15, 0.2) is 0 Å². The average molecular weight is 271 g/mol. The molecule has 1 aromatic heterocycles. The highest BCUT2D eigenvalue weighted by Crippen LogP contribution is 2.12. The molecule has 1 rings (SSSR count). The van der Waals surface area contributed by atoms with E-state index in [0.717, 1.165) is 16.5 Å². The molecule has 0 radical (unpaired) electrons. The second kappa shape index (κ2) is 5.98. The molecule has 3 nitrogen and oxygen atoms in total. The van der Waals surface area contributed by atoms with Gasteiger partial charge in [-0.3, -0.25) is 9.78 Å². The number of pyridine rings is 1. The Morgan fingerprint density at radius 1 is 1.60 bits per heavy atom. The molecule has 0 spiro atoms. The molecule has 0 aliphatic heterocycles. The number of aromatic nitrogens is 1. The van der Waals surface area contributed by atoms with Gasteiger partial charge in [-0.1, -0.05) is 6.92 Å². The first-order valence-corrected chi connectivity index (χ1v) is 5.75. The van der Waals surface area contributed by atoms with E-state index in [4.69, 9.17) is 5.73 Å². The molecule has 0 bridgehead atoms. The fraction of sp³-hybridized carbons (Fsp3) is 0.455. The predicted octanol–water partition coefficient (Wildman–Crippen LogP) is 1.94. The van der Waals surface area contributed by atoms with E-state index >= 15 is 0 Å². The summed E-state index contributed by atoms with van der Waals surface area (Å²) in [5.74, 6) is 0.259. The summed E-state index contributed by atoms with van der Waals surface area (Å²) in [5.41, 5.74) is 6.36. The summed E-state index contributed by atoms with van der Waals surface area (Å²) in [5, 5.41) is 0. The lowest BCUT2D eigenvalue weighted by Gasteiger charge is -2.08. The minimum atomic E-state index is 0.0361. The largest absolute Gasteiger partial charge is 0.330 e. The van der Waals surface area contributed by atoms with E-state index in [-0.39, 0.29) is 11.7 Å². The SMILES string of the molecule is CC(CCN)C(=O)Cc1cncc(Br)c1. The van der Waals surface area contributed by atoms with Crippen molar-refractivity contribution in [2.24, 2.45) is 11.7 Å². The number of carbonyl (C=O) groups excluding carboxylic acids is 1. The molecule has 82 valence electrons. The lowest BCUT2D eigenvalue weighted by Crippen LogP contribution is -2.17. The number of hydrogen-bond donors (Lipinski definition) is 1. The van der Waals surface area contributed by atoms with Gasteiger partial charge in [-0.05, 0) is 40.5 Å². The molecule has 1 aromatic rings. The van der Waals surface area contributed by atoms with E-state index in [1.54, 1.807) is 12.4 Å². The van der Waals surface area contributed by atoms with Crippen molar-refractivity contribution in [1.29, 1.82) is 0 Å². The summed E-state index contributed by atoms with van der Waals surface area (Å²) < 4.78 is 0.902. The molecule has 1 unspecified atom stereocenters.